The molecule has 4 rings (SSSR count). The van der Waals surface area contributed by atoms with Crippen LogP contribution < -0.4 is 5.32 Å². The first-order valence-corrected chi connectivity index (χ1v) is 8.51. The van der Waals surface area contributed by atoms with Gasteiger partial charge in [-0.2, -0.15) is 0 Å². The van der Waals surface area contributed by atoms with E-state index in [-0.39, 0.29) is 23.9 Å². The second-order valence-corrected chi connectivity index (χ2v) is 6.60. The van der Waals surface area contributed by atoms with Crippen LogP contribution in [0.5, 0.6) is 0 Å². The zero-order valence-corrected chi connectivity index (χ0v) is 14.6. The number of pyridine rings is 1. The van der Waals surface area contributed by atoms with Crippen molar-refractivity contribution in [2.75, 3.05) is 7.05 Å². The number of likely N-dealkylation sites (tertiary alicyclic amines) is 1. The van der Waals surface area contributed by atoms with E-state index in [2.05, 4.69) is 20.3 Å². The molecule has 0 radical (unpaired) electrons. The molecule has 4 heterocycles. The number of carbonyl (C=O) groups excluding carboxylic acids is 2. The van der Waals surface area contributed by atoms with Gasteiger partial charge in [0.25, 0.3) is 5.91 Å². The van der Waals surface area contributed by atoms with E-state index < -0.39 is 0 Å². The number of aromatic nitrogens is 4. The monoisotopic (exact) mass is 352 g/mol. The fourth-order valence-corrected chi connectivity index (χ4v) is 3.52. The van der Waals surface area contributed by atoms with E-state index in [0.29, 0.717) is 18.4 Å². The first-order chi connectivity index (χ1) is 12.5. The van der Waals surface area contributed by atoms with Crippen LogP contribution in [0.15, 0.2) is 36.9 Å². The van der Waals surface area contributed by atoms with Gasteiger partial charge in [0, 0.05) is 50.7 Å². The fraction of sp³-hybridized carbons (Fsp3) is 0.333. The third kappa shape index (κ3) is 2.73. The van der Waals surface area contributed by atoms with Gasteiger partial charge in [0.05, 0.1) is 11.6 Å². The number of fused-ring (bicyclic) bond motifs is 1. The lowest BCUT2D eigenvalue weighted by Gasteiger charge is -2.38. The molecule has 2 amide bonds. The minimum atomic E-state index is -0.302. The SMILES string of the molecule is CN1C(=O)CC[C@@H](NC(=O)c2cnc3[nH]ccc3c2)[C@@H]1c1nccn1C. The number of carbonyl (C=O) groups is 2. The Kier molecular flexibility index (Phi) is 3.95. The third-order valence-electron chi connectivity index (χ3n) is 4.96. The topological polar surface area (TPSA) is 95.9 Å². The van der Waals surface area contributed by atoms with Crippen LogP contribution in [0.25, 0.3) is 11.0 Å². The van der Waals surface area contributed by atoms with Gasteiger partial charge in [-0.05, 0) is 18.6 Å². The van der Waals surface area contributed by atoms with Crippen molar-refractivity contribution < 1.29 is 9.59 Å². The summed E-state index contributed by atoms with van der Waals surface area (Å²) in [5, 5.41) is 3.96. The molecule has 0 saturated carbocycles. The van der Waals surface area contributed by atoms with E-state index in [4.69, 9.17) is 0 Å². The van der Waals surface area contributed by atoms with Gasteiger partial charge in [-0.3, -0.25) is 9.59 Å². The lowest BCUT2D eigenvalue weighted by Crippen LogP contribution is -2.51. The Morgan fingerprint density at radius 3 is 2.96 bits per heavy atom. The molecule has 3 aromatic rings. The number of imidazole rings is 1. The summed E-state index contributed by atoms with van der Waals surface area (Å²) in [7, 11) is 3.64. The van der Waals surface area contributed by atoms with Gasteiger partial charge in [0.1, 0.15) is 17.5 Å². The maximum atomic E-state index is 12.8. The molecular formula is C18H20N6O2. The highest BCUT2D eigenvalue weighted by atomic mass is 16.2. The smallest absolute Gasteiger partial charge is 0.253 e. The van der Waals surface area contributed by atoms with Crippen molar-refractivity contribution in [3.05, 3.63) is 48.3 Å². The van der Waals surface area contributed by atoms with Crippen molar-refractivity contribution in [3.63, 3.8) is 0 Å². The fourth-order valence-electron chi connectivity index (χ4n) is 3.52. The summed E-state index contributed by atoms with van der Waals surface area (Å²) in [6, 6.07) is 3.17. The minimum Gasteiger partial charge on any atom is -0.347 e. The minimum absolute atomic E-state index is 0.0545. The lowest BCUT2D eigenvalue weighted by atomic mass is 9.95. The van der Waals surface area contributed by atoms with Crippen molar-refractivity contribution >= 4 is 22.8 Å². The van der Waals surface area contributed by atoms with Gasteiger partial charge in [-0.15, -0.1) is 0 Å². The molecule has 8 nitrogen and oxygen atoms in total. The number of rotatable bonds is 3. The Bertz CT molecular complexity index is 975. The van der Waals surface area contributed by atoms with Gasteiger partial charge < -0.3 is 19.8 Å². The zero-order chi connectivity index (χ0) is 18.3. The zero-order valence-electron chi connectivity index (χ0n) is 14.6. The number of nitrogens with one attached hydrogen (secondary N) is 2. The first kappa shape index (κ1) is 16.3. The number of likely N-dealkylation sites (N-methyl/N-ethyl adjacent to an activating group) is 1. The Hall–Kier alpha value is -3.16. The van der Waals surface area contributed by atoms with E-state index in [0.717, 1.165) is 16.9 Å². The highest BCUT2D eigenvalue weighted by Crippen LogP contribution is 2.30. The summed E-state index contributed by atoms with van der Waals surface area (Å²) in [4.78, 5) is 38.3. The molecule has 1 aliphatic rings. The average molecular weight is 352 g/mol. The molecule has 2 atom stereocenters. The predicted octanol–water partition coefficient (Wildman–Crippen LogP) is 1.39. The molecule has 0 spiro atoms. The molecule has 8 heteroatoms. The molecule has 0 aromatic carbocycles. The number of piperidine rings is 1. The molecule has 0 aliphatic carbocycles. The molecule has 1 aliphatic heterocycles. The molecule has 26 heavy (non-hydrogen) atoms. The van der Waals surface area contributed by atoms with Crippen molar-refractivity contribution in [2.24, 2.45) is 7.05 Å². The highest BCUT2D eigenvalue weighted by Gasteiger charge is 2.37. The Labute approximate surface area is 150 Å². The Morgan fingerprint density at radius 1 is 1.35 bits per heavy atom. The van der Waals surface area contributed by atoms with Crippen LogP contribution in [0.1, 0.15) is 35.1 Å². The number of aromatic amines is 1. The molecule has 0 unspecified atom stereocenters. The maximum absolute atomic E-state index is 12.8. The van der Waals surface area contributed by atoms with Crippen LogP contribution in [-0.2, 0) is 11.8 Å². The Balaban J connectivity index is 1.61. The normalized spacial score (nSPS) is 20.5. The number of amides is 2. The summed E-state index contributed by atoms with van der Waals surface area (Å²) in [5.74, 6) is 0.608. The predicted molar refractivity (Wildman–Crippen MR) is 95.3 cm³/mol. The van der Waals surface area contributed by atoms with Crippen molar-refractivity contribution in [1.29, 1.82) is 0 Å². The second kappa shape index (κ2) is 6.29. The standard InChI is InChI=1S/C18H20N6O2/c1-23-8-7-20-17(23)15-13(3-4-14(25)24(15)2)22-18(26)12-9-11-5-6-19-16(11)21-10-12/h5-10,13,15H,3-4H2,1-2H3,(H,19,21)(H,22,26)/t13-,15-/m1/s1. The van der Waals surface area contributed by atoms with E-state index in [9.17, 15) is 9.59 Å². The molecule has 2 N–H and O–H groups in total. The molecule has 3 aromatic heterocycles. The van der Waals surface area contributed by atoms with Crippen LogP contribution in [-0.4, -0.2) is 49.3 Å². The van der Waals surface area contributed by atoms with E-state index in [1.807, 2.05) is 29.9 Å². The number of hydrogen-bond acceptors (Lipinski definition) is 4. The van der Waals surface area contributed by atoms with Crippen molar-refractivity contribution in [2.45, 2.75) is 24.9 Å². The third-order valence-corrected chi connectivity index (χ3v) is 4.96. The molecule has 1 fully saturated rings. The quantitative estimate of drug-likeness (QED) is 0.744. The summed E-state index contributed by atoms with van der Waals surface area (Å²) in [6.07, 6.45) is 7.86. The van der Waals surface area contributed by atoms with Gasteiger partial charge in [-0.1, -0.05) is 0 Å². The number of aryl methyl sites for hydroxylation is 1. The highest BCUT2D eigenvalue weighted by molar-refractivity contribution is 5.97. The number of nitrogens with zero attached hydrogens (tertiary/aromatic N) is 4. The van der Waals surface area contributed by atoms with Crippen LogP contribution in [0.4, 0.5) is 0 Å². The molecule has 134 valence electrons. The molecule has 0 bridgehead atoms. The lowest BCUT2D eigenvalue weighted by molar-refractivity contribution is -0.136. The van der Waals surface area contributed by atoms with Gasteiger partial charge in [0.2, 0.25) is 5.91 Å². The Morgan fingerprint density at radius 2 is 2.19 bits per heavy atom. The van der Waals surface area contributed by atoms with E-state index in [1.165, 1.54) is 0 Å². The van der Waals surface area contributed by atoms with Gasteiger partial charge in [-0.25, -0.2) is 9.97 Å². The summed E-state index contributed by atoms with van der Waals surface area (Å²) >= 11 is 0. The second-order valence-electron chi connectivity index (χ2n) is 6.60. The molecule has 1 saturated heterocycles. The van der Waals surface area contributed by atoms with Crippen molar-refractivity contribution in [1.82, 2.24) is 29.7 Å². The summed E-state index contributed by atoms with van der Waals surface area (Å²) in [6.45, 7) is 0. The van der Waals surface area contributed by atoms with Crippen molar-refractivity contribution in [3.8, 4) is 0 Å². The summed E-state index contributed by atoms with van der Waals surface area (Å²) in [5.41, 5.74) is 1.24. The van der Waals surface area contributed by atoms with Gasteiger partial charge in [0.15, 0.2) is 0 Å². The number of hydrogen-bond donors (Lipinski definition) is 2. The maximum Gasteiger partial charge on any atom is 0.253 e. The van der Waals surface area contributed by atoms with Crippen LogP contribution in [0, 0.1) is 0 Å². The summed E-state index contributed by atoms with van der Waals surface area (Å²) < 4.78 is 1.88. The first-order valence-electron chi connectivity index (χ1n) is 8.51. The van der Waals surface area contributed by atoms with E-state index >= 15 is 0 Å². The van der Waals surface area contributed by atoms with Crippen LogP contribution in [0.3, 0.4) is 0 Å². The largest absolute Gasteiger partial charge is 0.347 e. The van der Waals surface area contributed by atoms with Crippen LogP contribution in [0.2, 0.25) is 0 Å². The van der Waals surface area contributed by atoms with E-state index in [1.54, 1.807) is 30.5 Å². The average Bonchev–Trinajstić information content (AvgIpc) is 3.26. The number of H-pyrrole nitrogens is 1. The van der Waals surface area contributed by atoms with Crippen LogP contribution >= 0.6 is 0 Å². The molecular weight excluding hydrogens is 332 g/mol. The van der Waals surface area contributed by atoms with Gasteiger partial charge >= 0.3 is 0 Å².